The smallest absolute Gasteiger partial charge is 0.118 e. The Kier molecular flexibility index (Phi) is 6.11. The molecule has 3 nitrogen and oxygen atoms in total. The molecule has 0 heterocycles. The minimum Gasteiger partial charge on any atom is -0.497 e. The zero-order valence-electron chi connectivity index (χ0n) is 17.3. The third kappa shape index (κ3) is 4.66. The van der Waals surface area contributed by atoms with Crippen molar-refractivity contribution in [1.29, 1.82) is 5.26 Å². The van der Waals surface area contributed by atoms with Crippen molar-refractivity contribution in [1.82, 2.24) is 0 Å². The molecule has 0 fully saturated rings. The summed E-state index contributed by atoms with van der Waals surface area (Å²) in [5.41, 5.74) is 5.68. The number of methoxy groups -OCH3 is 1. The molecule has 0 bridgehead atoms. The SMILES string of the molecule is COc1ccc(/C(C#N)=C/c2ccc(N(c3ccccc3)c3ccccc3)cc2)cc1. The van der Waals surface area contributed by atoms with Crippen LogP contribution in [0.1, 0.15) is 11.1 Å². The fraction of sp³-hybridized carbons (Fsp3) is 0.0357. The van der Waals surface area contributed by atoms with Crippen molar-refractivity contribution in [3.63, 3.8) is 0 Å². The molecule has 4 aromatic carbocycles. The van der Waals surface area contributed by atoms with Crippen molar-refractivity contribution in [2.75, 3.05) is 12.0 Å². The summed E-state index contributed by atoms with van der Waals surface area (Å²) in [6, 6.07) is 38.6. The number of nitriles is 1. The largest absolute Gasteiger partial charge is 0.497 e. The highest BCUT2D eigenvalue weighted by molar-refractivity contribution is 5.90. The predicted molar refractivity (Wildman–Crippen MR) is 128 cm³/mol. The van der Waals surface area contributed by atoms with Crippen LogP contribution in [0.2, 0.25) is 0 Å². The lowest BCUT2D eigenvalue weighted by atomic mass is 10.0. The van der Waals surface area contributed by atoms with E-state index in [1.54, 1.807) is 7.11 Å². The lowest BCUT2D eigenvalue weighted by Crippen LogP contribution is -2.09. The van der Waals surface area contributed by atoms with Gasteiger partial charge in [0.1, 0.15) is 5.75 Å². The predicted octanol–water partition coefficient (Wildman–Crippen LogP) is 7.23. The summed E-state index contributed by atoms with van der Waals surface area (Å²) in [6.07, 6.45) is 1.90. The standard InChI is InChI=1S/C28H22N2O/c1-31-28-18-14-23(15-19-28)24(21-29)20-22-12-16-27(17-13-22)30(25-8-4-2-5-9-25)26-10-6-3-7-11-26/h2-20H,1H3/b24-20+. The number of nitrogens with zero attached hydrogens (tertiary/aromatic N) is 2. The zero-order valence-corrected chi connectivity index (χ0v) is 17.3. The number of hydrogen-bond acceptors (Lipinski definition) is 3. The normalized spacial score (nSPS) is 10.9. The molecule has 0 radical (unpaired) electrons. The van der Waals surface area contributed by atoms with Gasteiger partial charge in [-0.1, -0.05) is 48.5 Å². The number of anilines is 3. The average molecular weight is 402 g/mol. The molecule has 3 heteroatoms. The van der Waals surface area contributed by atoms with Crippen LogP contribution in [-0.2, 0) is 0 Å². The van der Waals surface area contributed by atoms with E-state index in [0.717, 1.165) is 33.9 Å². The van der Waals surface area contributed by atoms with Gasteiger partial charge >= 0.3 is 0 Å². The molecule has 4 aromatic rings. The van der Waals surface area contributed by atoms with Gasteiger partial charge in [-0.05, 0) is 77.9 Å². The van der Waals surface area contributed by atoms with Crippen LogP contribution in [0, 0.1) is 11.3 Å². The molecule has 0 atom stereocenters. The highest BCUT2D eigenvalue weighted by Gasteiger charge is 2.11. The van der Waals surface area contributed by atoms with Crippen LogP contribution in [0.15, 0.2) is 109 Å². The number of ether oxygens (including phenoxy) is 1. The van der Waals surface area contributed by atoms with Gasteiger partial charge < -0.3 is 9.64 Å². The number of benzene rings is 4. The minimum atomic E-state index is 0.610. The molecule has 31 heavy (non-hydrogen) atoms. The quantitative estimate of drug-likeness (QED) is 0.252. The Labute approximate surface area is 183 Å². The molecular weight excluding hydrogens is 380 g/mol. The molecule has 150 valence electrons. The molecule has 0 aliphatic rings. The van der Waals surface area contributed by atoms with Crippen molar-refractivity contribution >= 4 is 28.7 Å². The van der Waals surface area contributed by atoms with E-state index in [9.17, 15) is 5.26 Å². The van der Waals surface area contributed by atoms with Gasteiger partial charge in [0.15, 0.2) is 0 Å². The first-order valence-corrected chi connectivity index (χ1v) is 10.0. The number of hydrogen-bond donors (Lipinski definition) is 0. The van der Waals surface area contributed by atoms with Gasteiger partial charge in [-0.15, -0.1) is 0 Å². The molecule has 0 aromatic heterocycles. The second-order valence-corrected chi connectivity index (χ2v) is 7.00. The number of allylic oxidation sites excluding steroid dienone is 1. The van der Waals surface area contributed by atoms with Crippen LogP contribution in [-0.4, -0.2) is 7.11 Å². The van der Waals surface area contributed by atoms with Crippen molar-refractivity contribution in [2.24, 2.45) is 0 Å². The molecule has 0 N–H and O–H groups in total. The zero-order chi connectivity index (χ0) is 21.5. The summed E-state index contributed by atoms with van der Waals surface area (Å²) in [5.74, 6) is 0.771. The van der Waals surface area contributed by atoms with Crippen LogP contribution < -0.4 is 9.64 Å². The van der Waals surface area contributed by atoms with E-state index in [1.165, 1.54) is 0 Å². The van der Waals surface area contributed by atoms with E-state index < -0.39 is 0 Å². The van der Waals surface area contributed by atoms with Gasteiger partial charge in [-0.2, -0.15) is 5.26 Å². The van der Waals surface area contributed by atoms with Crippen molar-refractivity contribution in [3.05, 3.63) is 120 Å². The number of rotatable bonds is 6. The molecular formula is C28H22N2O. The first-order chi connectivity index (χ1) is 15.3. The van der Waals surface area contributed by atoms with E-state index in [0.29, 0.717) is 5.57 Å². The lowest BCUT2D eigenvalue weighted by molar-refractivity contribution is 0.415. The topological polar surface area (TPSA) is 36.3 Å². The molecule has 0 saturated carbocycles. The third-order valence-electron chi connectivity index (χ3n) is 5.01. The van der Waals surface area contributed by atoms with E-state index in [-0.39, 0.29) is 0 Å². The fourth-order valence-corrected chi connectivity index (χ4v) is 3.44. The molecule has 0 spiro atoms. The Morgan fingerprint density at radius 3 is 1.71 bits per heavy atom. The van der Waals surface area contributed by atoms with Crippen LogP contribution >= 0.6 is 0 Å². The van der Waals surface area contributed by atoms with Gasteiger partial charge in [0.25, 0.3) is 0 Å². The minimum absolute atomic E-state index is 0.610. The van der Waals surface area contributed by atoms with Crippen LogP contribution in [0.25, 0.3) is 11.6 Å². The molecule has 0 aliphatic heterocycles. The first-order valence-electron chi connectivity index (χ1n) is 10.0. The molecule has 0 unspecified atom stereocenters. The Morgan fingerprint density at radius 1 is 0.710 bits per heavy atom. The molecule has 0 aliphatic carbocycles. The average Bonchev–Trinajstić information content (AvgIpc) is 2.85. The second kappa shape index (κ2) is 9.47. The van der Waals surface area contributed by atoms with Crippen molar-refractivity contribution < 1.29 is 4.74 Å². The number of para-hydroxylation sites is 2. The molecule has 0 amide bonds. The Morgan fingerprint density at radius 2 is 1.23 bits per heavy atom. The van der Waals surface area contributed by atoms with Gasteiger partial charge in [-0.25, -0.2) is 0 Å². The van der Waals surface area contributed by atoms with E-state index in [2.05, 4.69) is 47.4 Å². The van der Waals surface area contributed by atoms with E-state index in [1.807, 2.05) is 78.9 Å². The van der Waals surface area contributed by atoms with Crippen LogP contribution in [0.3, 0.4) is 0 Å². The summed E-state index contributed by atoms with van der Waals surface area (Å²) >= 11 is 0. The maximum Gasteiger partial charge on any atom is 0.118 e. The highest BCUT2D eigenvalue weighted by Crippen LogP contribution is 2.34. The fourth-order valence-electron chi connectivity index (χ4n) is 3.44. The Balaban J connectivity index is 1.67. The van der Waals surface area contributed by atoms with Gasteiger partial charge in [0.2, 0.25) is 0 Å². The van der Waals surface area contributed by atoms with Gasteiger partial charge in [0.05, 0.1) is 18.8 Å². The summed E-state index contributed by atoms with van der Waals surface area (Å²) in [7, 11) is 1.63. The van der Waals surface area contributed by atoms with Crippen molar-refractivity contribution in [2.45, 2.75) is 0 Å². The maximum atomic E-state index is 9.65. The Hall–Kier alpha value is -4.29. The van der Waals surface area contributed by atoms with Crippen LogP contribution in [0.4, 0.5) is 17.1 Å². The second-order valence-electron chi connectivity index (χ2n) is 7.00. The van der Waals surface area contributed by atoms with Crippen molar-refractivity contribution in [3.8, 4) is 11.8 Å². The monoisotopic (exact) mass is 402 g/mol. The summed E-state index contributed by atoms with van der Waals surface area (Å²) < 4.78 is 5.20. The summed E-state index contributed by atoms with van der Waals surface area (Å²) in [6.45, 7) is 0. The van der Waals surface area contributed by atoms with Gasteiger partial charge in [-0.3, -0.25) is 0 Å². The van der Waals surface area contributed by atoms with E-state index in [4.69, 9.17) is 4.74 Å². The maximum absolute atomic E-state index is 9.65. The summed E-state index contributed by atoms with van der Waals surface area (Å²) in [5, 5.41) is 9.65. The summed E-state index contributed by atoms with van der Waals surface area (Å²) in [4.78, 5) is 2.21. The third-order valence-corrected chi connectivity index (χ3v) is 5.01. The van der Waals surface area contributed by atoms with E-state index >= 15 is 0 Å². The van der Waals surface area contributed by atoms with Crippen LogP contribution in [0.5, 0.6) is 5.75 Å². The molecule has 0 saturated heterocycles. The lowest BCUT2D eigenvalue weighted by Gasteiger charge is -2.25. The Bertz CT molecular complexity index is 1150. The molecule has 4 rings (SSSR count). The highest BCUT2D eigenvalue weighted by atomic mass is 16.5. The first kappa shape index (κ1) is 20.0. The van der Waals surface area contributed by atoms with Gasteiger partial charge in [0, 0.05) is 17.1 Å².